The molecule has 1 aromatic heterocycles. The van der Waals surface area contributed by atoms with Crippen molar-refractivity contribution >= 4 is 11.9 Å². The fourth-order valence-corrected chi connectivity index (χ4v) is 1.74. The first-order chi connectivity index (χ1) is 10.2. The van der Waals surface area contributed by atoms with Gasteiger partial charge in [0.15, 0.2) is 11.5 Å². The Bertz CT molecular complexity index is 626. The summed E-state index contributed by atoms with van der Waals surface area (Å²) in [6.07, 6.45) is 0.888. The fourth-order valence-electron chi connectivity index (χ4n) is 1.74. The van der Waals surface area contributed by atoms with Crippen LogP contribution in [0.5, 0.6) is 11.5 Å². The predicted molar refractivity (Wildman–Crippen MR) is 75.6 cm³/mol. The minimum Gasteiger partial charge on any atom is -0.493 e. The third-order valence-corrected chi connectivity index (χ3v) is 2.75. The number of hydrogen-bond donors (Lipinski definition) is 1. The first-order valence-electron chi connectivity index (χ1n) is 6.49. The lowest BCUT2D eigenvalue weighted by atomic mass is 10.2. The van der Waals surface area contributed by atoms with Gasteiger partial charge in [-0.05, 0) is 29.8 Å². The van der Waals surface area contributed by atoms with Gasteiger partial charge in [0.1, 0.15) is 0 Å². The van der Waals surface area contributed by atoms with Gasteiger partial charge in [-0.1, -0.05) is 12.0 Å². The Balaban J connectivity index is 2.12. The second-order valence-electron chi connectivity index (χ2n) is 4.23. The molecule has 0 aliphatic rings. The molecule has 0 saturated carbocycles. The molecule has 112 valence electrons. The Labute approximate surface area is 122 Å². The number of carbonyl (C=O) groups is 1. The van der Waals surface area contributed by atoms with Gasteiger partial charge >= 0.3 is 0 Å². The fraction of sp³-hybridized carbons (Fsp3) is 0.385. The number of rotatable bonds is 6. The molecule has 0 aliphatic heterocycles. The Morgan fingerprint density at radius 2 is 2.05 bits per heavy atom. The molecule has 2 rings (SSSR count). The maximum Gasteiger partial charge on any atom is 0.270 e. The molecule has 8 nitrogen and oxygen atoms in total. The number of anilines is 1. The first-order valence-corrected chi connectivity index (χ1v) is 6.49. The van der Waals surface area contributed by atoms with E-state index in [1.165, 1.54) is 19.0 Å². The lowest BCUT2D eigenvalue weighted by molar-refractivity contribution is 0.102. The van der Waals surface area contributed by atoms with Crippen LogP contribution in [-0.4, -0.2) is 40.3 Å². The van der Waals surface area contributed by atoms with E-state index >= 15 is 0 Å². The number of tetrazole rings is 1. The third kappa shape index (κ3) is 3.47. The third-order valence-electron chi connectivity index (χ3n) is 2.75. The zero-order valence-corrected chi connectivity index (χ0v) is 12.2. The molecule has 0 unspecified atom stereocenters. The number of amides is 1. The lowest BCUT2D eigenvalue weighted by Crippen LogP contribution is -2.13. The average molecular weight is 291 g/mol. The molecular weight excluding hydrogens is 274 g/mol. The summed E-state index contributed by atoms with van der Waals surface area (Å²) >= 11 is 0. The highest BCUT2D eigenvalue weighted by Crippen LogP contribution is 2.27. The van der Waals surface area contributed by atoms with Gasteiger partial charge < -0.3 is 9.47 Å². The molecule has 1 aromatic carbocycles. The number of benzene rings is 1. The van der Waals surface area contributed by atoms with Gasteiger partial charge in [-0.3, -0.25) is 10.1 Å². The largest absolute Gasteiger partial charge is 0.493 e. The van der Waals surface area contributed by atoms with Crippen LogP contribution in [0, 0.1) is 0 Å². The molecule has 0 saturated heterocycles. The van der Waals surface area contributed by atoms with Gasteiger partial charge in [-0.2, -0.15) is 4.80 Å². The highest BCUT2D eigenvalue weighted by molar-refractivity contribution is 6.03. The van der Waals surface area contributed by atoms with Crippen LogP contribution in [0.4, 0.5) is 5.95 Å². The average Bonchev–Trinajstić information content (AvgIpc) is 2.94. The van der Waals surface area contributed by atoms with Crippen molar-refractivity contribution in [3.05, 3.63) is 23.8 Å². The number of methoxy groups -OCH3 is 2. The SMILES string of the molecule is CCCn1nnc(NC(=O)c2ccc(OC)c(OC)c2)n1. The lowest BCUT2D eigenvalue weighted by Gasteiger charge is -2.08. The zero-order chi connectivity index (χ0) is 15.2. The maximum absolute atomic E-state index is 12.1. The number of ether oxygens (including phenoxy) is 2. The van der Waals surface area contributed by atoms with Crippen LogP contribution >= 0.6 is 0 Å². The van der Waals surface area contributed by atoms with E-state index in [0.29, 0.717) is 23.6 Å². The Morgan fingerprint density at radius 3 is 2.71 bits per heavy atom. The quantitative estimate of drug-likeness (QED) is 0.864. The van der Waals surface area contributed by atoms with Gasteiger partial charge in [0.2, 0.25) is 0 Å². The number of aromatic nitrogens is 4. The van der Waals surface area contributed by atoms with Gasteiger partial charge in [-0.15, -0.1) is 5.10 Å². The van der Waals surface area contributed by atoms with Gasteiger partial charge in [0, 0.05) is 5.56 Å². The molecule has 8 heteroatoms. The van der Waals surface area contributed by atoms with Gasteiger partial charge in [-0.25, -0.2) is 0 Å². The van der Waals surface area contributed by atoms with Gasteiger partial charge in [0.05, 0.1) is 20.8 Å². The number of nitrogens with one attached hydrogen (secondary N) is 1. The molecule has 0 spiro atoms. The van der Waals surface area contributed by atoms with Crippen molar-refractivity contribution in [2.45, 2.75) is 19.9 Å². The maximum atomic E-state index is 12.1. The molecule has 0 radical (unpaired) electrons. The van der Waals surface area contributed by atoms with Crippen LogP contribution in [0.25, 0.3) is 0 Å². The number of aryl methyl sites for hydroxylation is 1. The summed E-state index contributed by atoms with van der Waals surface area (Å²) in [4.78, 5) is 13.6. The highest BCUT2D eigenvalue weighted by atomic mass is 16.5. The van der Waals surface area contributed by atoms with Crippen molar-refractivity contribution in [1.29, 1.82) is 0 Å². The summed E-state index contributed by atoms with van der Waals surface area (Å²) in [7, 11) is 3.05. The van der Waals surface area contributed by atoms with Gasteiger partial charge in [0.25, 0.3) is 11.9 Å². The van der Waals surface area contributed by atoms with E-state index < -0.39 is 0 Å². The first kappa shape index (κ1) is 14.8. The van der Waals surface area contributed by atoms with Crippen molar-refractivity contribution in [3.8, 4) is 11.5 Å². The van der Waals surface area contributed by atoms with Crippen LogP contribution < -0.4 is 14.8 Å². The van der Waals surface area contributed by atoms with Crippen LogP contribution in [0.15, 0.2) is 18.2 Å². The molecule has 1 heterocycles. The van der Waals surface area contributed by atoms with Crippen molar-refractivity contribution in [2.75, 3.05) is 19.5 Å². The number of carbonyl (C=O) groups excluding carboxylic acids is 1. The zero-order valence-electron chi connectivity index (χ0n) is 12.2. The monoisotopic (exact) mass is 291 g/mol. The molecule has 0 aliphatic carbocycles. The van der Waals surface area contributed by atoms with E-state index in [1.54, 1.807) is 18.2 Å². The summed E-state index contributed by atoms with van der Waals surface area (Å²) in [5.41, 5.74) is 0.416. The summed E-state index contributed by atoms with van der Waals surface area (Å²) in [5.74, 6) is 0.865. The van der Waals surface area contributed by atoms with E-state index in [9.17, 15) is 4.79 Å². The molecule has 1 amide bonds. The Hall–Kier alpha value is -2.64. The summed E-state index contributed by atoms with van der Waals surface area (Å²) in [6, 6.07) is 4.88. The standard InChI is InChI=1S/C13H17N5O3/c1-4-7-18-16-13(15-17-18)14-12(19)9-5-6-10(20-2)11(8-9)21-3/h5-6,8H,4,7H2,1-3H3,(H,14,16,19). The molecule has 21 heavy (non-hydrogen) atoms. The van der Waals surface area contributed by atoms with Crippen molar-refractivity contribution < 1.29 is 14.3 Å². The van der Waals surface area contributed by atoms with Crippen molar-refractivity contribution in [2.24, 2.45) is 0 Å². The molecule has 0 fully saturated rings. The molecule has 2 aromatic rings. The second kappa shape index (κ2) is 6.69. The molecule has 1 N–H and O–H groups in total. The van der Waals surface area contributed by atoms with Crippen molar-refractivity contribution in [3.63, 3.8) is 0 Å². The van der Waals surface area contributed by atoms with E-state index in [1.807, 2.05) is 6.92 Å². The van der Waals surface area contributed by atoms with Crippen LogP contribution in [0.2, 0.25) is 0 Å². The Kier molecular flexibility index (Phi) is 4.70. The van der Waals surface area contributed by atoms with Crippen LogP contribution in [-0.2, 0) is 6.54 Å². The minimum atomic E-state index is -0.341. The smallest absolute Gasteiger partial charge is 0.270 e. The summed E-state index contributed by atoms with van der Waals surface area (Å²) < 4.78 is 10.3. The summed E-state index contributed by atoms with van der Waals surface area (Å²) in [5, 5.41) is 14.2. The van der Waals surface area contributed by atoms with Crippen LogP contribution in [0.1, 0.15) is 23.7 Å². The highest BCUT2D eigenvalue weighted by Gasteiger charge is 2.13. The van der Waals surface area contributed by atoms with Crippen molar-refractivity contribution in [1.82, 2.24) is 20.2 Å². The molecule has 0 bridgehead atoms. The van der Waals surface area contributed by atoms with E-state index in [-0.39, 0.29) is 11.9 Å². The number of hydrogen-bond acceptors (Lipinski definition) is 6. The van der Waals surface area contributed by atoms with E-state index in [4.69, 9.17) is 9.47 Å². The molecule has 0 atom stereocenters. The Morgan fingerprint density at radius 1 is 1.29 bits per heavy atom. The van der Waals surface area contributed by atoms with E-state index in [0.717, 1.165) is 6.42 Å². The number of nitrogens with zero attached hydrogens (tertiary/aromatic N) is 4. The van der Waals surface area contributed by atoms with Crippen LogP contribution in [0.3, 0.4) is 0 Å². The normalized spacial score (nSPS) is 10.2. The molecular formula is C13H17N5O3. The summed E-state index contributed by atoms with van der Waals surface area (Å²) in [6.45, 7) is 2.66. The topological polar surface area (TPSA) is 91.2 Å². The predicted octanol–water partition coefficient (Wildman–Crippen LogP) is 1.35. The van der Waals surface area contributed by atoms with E-state index in [2.05, 4.69) is 20.7 Å². The minimum absolute atomic E-state index is 0.170. The second-order valence-corrected chi connectivity index (χ2v) is 4.23.